The Morgan fingerprint density at radius 3 is 2.92 bits per heavy atom. The van der Waals surface area contributed by atoms with E-state index in [1.165, 1.54) is 0 Å². The number of H-pyrrole nitrogens is 1. The predicted molar refractivity (Wildman–Crippen MR) is 106 cm³/mol. The SMILES string of the molecule is Cl.N[C@H]1CCCCN(c2c(Br)cnc3[nH]cc(NC(=O)C4CC4)c23)C1. The van der Waals surface area contributed by atoms with Crippen molar-refractivity contribution in [3.63, 3.8) is 0 Å². The van der Waals surface area contributed by atoms with Crippen LogP contribution in [0.1, 0.15) is 32.1 Å². The number of hydrogen-bond donors (Lipinski definition) is 3. The zero-order valence-electron chi connectivity index (χ0n) is 13.9. The first-order chi connectivity index (χ1) is 11.6. The maximum Gasteiger partial charge on any atom is 0.227 e. The molecule has 1 saturated heterocycles. The molecular formula is C17H23BrClN5O. The van der Waals surface area contributed by atoms with Gasteiger partial charge in [0.15, 0.2) is 0 Å². The van der Waals surface area contributed by atoms with Crippen molar-refractivity contribution in [3.05, 3.63) is 16.9 Å². The summed E-state index contributed by atoms with van der Waals surface area (Å²) in [4.78, 5) is 22.2. The minimum absolute atomic E-state index is 0. The highest BCUT2D eigenvalue weighted by molar-refractivity contribution is 9.10. The molecule has 0 unspecified atom stereocenters. The van der Waals surface area contributed by atoms with Crippen LogP contribution in [0.2, 0.25) is 0 Å². The molecule has 4 N–H and O–H groups in total. The Morgan fingerprint density at radius 2 is 2.16 bits per heavy atom. The maximum atomic E-state index is 12.2. The quantitative estimate of drug-likeness (QED) is 0.699. The van der Waals surface area contributed by atoms with Crippen molar-refractivity contribution >= 4 is 56.7 Å². The summed E-state index contributed by atoms with van der Waals surface area (Å²) >= 11 is 3.65. The molecule has 1 saturated carbocycles. The molecule has 1 atom stereocenters. The van der Waals surface area contributed by atoms with E-state index in [1.807, 2.05) is 12.4 Å². The summed E-state index contributed by atoms with van der Waals surface area (Å²) in [5, 5.41) is 4.04. The second-order valence-electron chi connectivity index (χ2n) is 6.85. The molecule has 2 aliphatic rings. The lowest BCUT2D eigenvalue weighted by Crippen LogP contribution is -2.36. The number of hydrogen-bond acceptors (Lipinski definition) is 4. The largest absolute Gasteiger partial charge is 0.368 e. The summed E-state index contributed by atoms with van der Waals surface area (Å²) in [6.07, 6.45) is 8.97. The van der Waals surface area contributed by atoms with Gasteiger partial charge >= 0.3 is 0 Å². The van der Waals surface area contributed by atoms with Crippen molar-refractivity contribution in [2.75, 3.05) is 23.3 Å². The number of nitrogens with zero attached hydrogens (tertiary/aromatic N) is 2. The number of fused-ring (bicyclic) bond motifs is 1. The van der Waals surface area contributed by atoms with Crippen LogP contribution in [0.25, 0.3) is 11.0 Å². The number of aromatic amines is 1. The predicted octanol–water partition coefficient (Wildman–Crippen LogP) is 3.41. The van der Waals surface area contributed by atoms with Crippen LogP contribution >= 0.6 is 28.3 Å². The Labute approximate surface area is 161 Å². The minimum atomic E-state index is 0. The Kier molecular flexibility index (Phi) is 5.55. The molecule has 2 fully saturated rings. The van der Waals surface area contributed by atoms with Crippen molar-refractivity contribution in [2.45, 2.75) is 38.1 Å². The Hall–Kier alpha value is -1.31. The van der Waals surface area contributed by atoms with E-state index >= 15 is 0 Å². The third kappa shape index (κ3) is 3.78. The van der Waals surface area contributed by atoms with Gasteiger partial charge in [0.05, 0.1) is 21.2 Å². The standard InChI is InChI=1S/C17H22BrN5O.ClH/c18-12-7-20-16-14(13(8-21-16)22-17(24)10-4-5-10)15(12)23-6-2-1-3-11(19)9-23;/h7-8,10-11H,1-6,9,19H2,(H,20,21)(H,22,24);1H/t11-;/m0./s1. The first-order valence-electron chi connectivity index (χ1n) is 8.60. The van der Waals surface area contributed by atoms with E-state index < -0.39 is 0 Å². The van der Waals surface area contributed by atoms with Crippen molar-refractivity contribution in [1.82, 2.24) is 9.97 Å². The summed E-state index contributed by atoms with van der Waals surface area (Å²) in [5.41, 5.74) is 8.92. The van der Waals surface area contributed by atoms with Crippen LogP contribution in [0.3, 0.4) is 0 Å². The molecule has 0 radical (unpaired) electrons. The van der Waals surface area contributed by atoms with Gasteiger partial charge in [0.25, 0.3) is 0 Å². The Bertz CT molecular complexity index is 776. The number of rotatable bonds is 3. The molecule has 1 amide bonds. The van der Waals surface area contributed by atoms with E-state index in [4.69, 9.17) is 5.73 Å². The number of halogens is 2. The summed E-state index contributed by atoms with van der Waals surface area (Å²) in [6.45, 7) is 1.78. The first kappa shape index (κ1) is 18.5. The van der Waals surface area contributed by atoms with Crippen molar-refractivity contribution in [2.24, 2.45) is 11.7 Å². The average Bonchev–Trinajstić information content (AvgIpc) is 3.35. The summed E-state index contributed by atoms with van der Waals surface area (Å²) in [6, 6.07) is 0.172. The highest BCUT2D eigenvalue weighted by Gasteiger charge is 2.31. The Morgan fingerprint density at radius 1 is 1.36 bits per heavy atom. The third-order valence-electron chi connectivity index (χ3n) is 4.86. The smallest absolute Gasteiger partial charge is 0.227 e. The van der Waals surface area contributed by atoms with Gasteiger partial charge in [0.1, 0.15) is 5.65 Å². The monoisotopic (exact) mass is 427 g/mol. The Balaban J connectivity index is 0.00000182. The molecule has 3 heterocycles. The van der Waals surface area contributed by atoms with Crippen LogP contribution in [-0.2, 0) is 4.79 Å². The number of amides is 1. The van der Waals surface area contributed by atoms with Gasteiger partial charge in [-0.25, -0.2) is 4.98 Å². The molecule has 0 spiro atoms. The van der Waals surface area contributed by atoms with Gasteiger partial charge in [0.2, 0.25) is 5.91 Å². The molecule has 2 aromatic heterocycles. The van der Waals surface area contributed by atoms with Gasteiger partial charge in [0, 0.05) is 37.4 Å². The minimum Gasteiger partial charge on any atom is -0.368 e. The van der Waals surface area contributed by atoms with E-state index in [9.17, 15) is 4.79 Å². The van der Waals surface area contributed by atoms with Gasteiger partial charge in [-0.1, -0.05) is 6.42 Å². The number of anilines is 2. The van der Waals surface area contributed by atoms with Crippen LogP contribution in [0, 0.1) is 5.92 Å². The number of aromatic nitrogens is 2. The second-order valence-corrected chi connectivity index (χ2v) is 7.70. The van der Waals surface area contributed by atoms with Crippen LogP contribution in [0.4, 0.5) is 11.4 Å². The number of pyridine rings is 1. The van der Waals surface area contributed by atoms with E-state index in [2.05, 4.69) is 36.1 Å². The number of nitrogens with one attached hydrogen (secondary N) is 2. The van der Waals surface area contributed by atoms with Crippen LogP contribution in [-0.4, -0.2) is 35.0 Å². The summed E-state index contributed by atoms with van der Waals surface area (Å²) in [5.74, 6) is 0.277. The highest BCUT2D eigenvalue weighted by Crippen LogP contribution is 2.39. The number of nitrogens with two attached hydrogens (primary N) is 1. The fourth-order valence-corrected chi connectivity index (χ4v) is 3.97. The summed E-state index contributed by atoms with van der Waals surface area (Å²) < 4.78 is 0.936. The molecule has 4 rings (SSSR count). The van der Waals surface area contributed by atoms with E-state index in [0.717, 1.165) is 72.1 Å². The second kappa shape index (κ2) is 7.51. The maximum absolute atomic E-state index is 12.2. The molecule has 1 aliphatic carbocycles. The van der Waals surface area contributed by atoms with Crippen molar-refractivity contribution < 1.29 is 4.79 Å². The van der Waals surface area contributed by atoms with E-state index in [0.29, 0.717) is 0 Å². The molecule has 0 bridgehead atoms. The van der Waals surface area contributed by atoms with Crippen molar-refractivity contribution in [1.29, 1.82) is 0 Å². The summed E-state index contributed by atoms with van der Waals surface area (Å²) in [7, 11) is 0. The lowest BCUT2D eigenvalue weighted by atomic mass is 10.1. The van der Waals surface area contributed by atoms with Gasteiger partial charge in [-0.3, -0.25) is 4.79 Å². The van der Waals surface area contributed by atoms with Gasteiger partial charge in [-0.05, 0) is 41.6 Å². The topological polar surface area (TPSA) is 87.0 Å². The third-order valence-corrected chi connectivity index (χ3v) is 5.44. The molecule has 136 valence electrons. The molecule has 2 aromatic rings. The fourth-order valence-electron chi connectivity index (χ4n) is 3.42. The zero-order chi connectivity index (χ0) is 16.7. The molecule has 0 aromatic carbocycles. The zero-order valence-corrected chi connectivity index (χ0v) is 16.3. The normalized spacial score (nSPS) is 20.9. The molecule has 1 aliphatic heterocycles. The van der Waals surface area contributed by atoms with Crippen LogP contribution in [0.5, 0.6) is 0 Å². The number of carbonyl (C=O) groups excluding carboxylic acids is 1. The lowest BCUT2D eigenvalue weighted by Gasteiger charge is -2.27. The molecule has 6 nitrogen and oxygen atoms in total. The molecule has 8 heteroatoms. The van der Waals surface area contributed by atoms with E-state index in [1.54, 1.807) is 0 Å². The molecular weight excluding hydrogens is 406 g/mol. The van der Waals surface area contributed by atoms with Crippen molar-refractivity contribution in [3.8, 4) is 0 Å². The van der Waals surface area contributed by atoms with Gasteiger partial charge in [-0.15, -0.1) is 12.4 Å². The highest BCUT2D eigenvalue weighted by atomic mass is 79.9. The molecule has 25 heavy (non-hydrogen) atoms. The van der Waals surface area contributed by atoms with Gasteiger partial charge < -0.3 is 20.9 Å². The lowest BCUT2D eigenvalue weighted by molar-refractivity contribution is -0.117. The van der Waals surface area contributed by atoms with Crippen LogP contribution in [0.15, 0.2) is 16.9 Å². The van der Waals surface area contributed by atoms with E-state index in [-0.39, 0.29) is 30.3 Å². The van der Waals surface area contributed by atoms with Gasteiger partial charge in [-0.2, -0.15) is 0 Å². The first-order valence-corrected chi connectivity index (χ1v) is 9.39. The fraction of sp³-hybridized carbons (Fsp3) is 0.529. The number of carbonyl (C=O) groups is 1. The van der Waals surface area contributed by atoms with Crippen LogP contribution < -0.4 is 16.0 Å². The average molecular weight is 429 g/mol.